The third kappa shape index (κ3) is 7.74. The molecule has 0 aromatic heterocycles. The number of fused-ring (bicyclic) bond motifs is 2. The number of phenols is 1. The third-order valence-electron chi connectivity index (χ3n) is 11.9. The van der Waals surface area contributed by atoms with Crippen LogP contribution in [0.25, 0.3) is 0 Å². The number of aliphatic hydroxyl groups is 1. The maximum Gasteiger partial charge on any atom is 0.244 e. The van der Waals surface area contributed by atoms with Crippen molar-refractivity contribution in [2.45, 2.75) is 75.6 Å². The van der Waals surface area contributed by atoms with Crippen molar-refractivity contribution in [2.24, 2.45) is 0 Å². The van der Waals surface area contributed by atoms with Crippen LogP contribution in [0.2, 0.25) is 0 Å². The van der Waals surface area contributed by atoms with Crippen molar-refractivity contribution in [1.82, 2.24) is 15.1 Å². The SMILES string of the molecule is O=C1CCC(N2Cc3cc(N4CCN(CCCCCOc5cccc([C@@H]6c7ccc(O)cc7CC[C@@H]6c6ccc(F)cc6)c5)CC4)ccc3C2O)C(=O)N1. The summed E-state index contributed by atoms with van der Waals surface area (Å²) < 4.78 is 20.1. The van der Waals surface area contributed by atoms with E-state index in [0.717, 1.165) is 98.5 Å². The van der Waals surface area contributed by atoms with Gasteiger partial charge in [0.25, 0.3) is 0 Å². The topological polar surface area (TPSA) is 106 Å². The number of halogens is 1. The fraction of sp³-hybridized carbons (Fsp3) is 0.409. The lowest BCUT2D eigenvalue weighted by atomic mass is 9.69. The number of aliphatic hydroxyl groups excluding tert-OH is 1. The van der Waals surface area contributed by atoms with Crippen LogP contribution in [-0.2, 0) is 22.6 Å². The summed E-state index contributed by atoms with van der Waals surface area (Å²) in [4.78, 5) is 30.8. The molecular formula is C44H49FN4O5. The minimum absolute atomic E-state index is 0.0785. The second-order valence-electron chi connectivity index (χ2n) is 15.3. The number of piperazine rings is 1. The molecule has 0 spiro atoms. The number of rotatable bonds is 11. The van der Waals surface area contributed by atoms with E-state index in [-0.39, 0.29) is 35.2 Å². The Balaban J connectivity index is 0.796. The maximum atomic E-state index is 13.8. The van der Waals surface area contributed by atoms with Crippen molar-refractivity contribution >= 4 is 17.5 Å². The lowest BCUT2D eigenvalue weighted by Gasteiger charge is -2.36. The zero-order valence-corrected chi connectivity index (χ0v) is 30.6. The Bertz CT molecular complexity index is 1980. The average molecular weight is 733 g/mol. The fourth-order valence-corrected chi connectivity index (χ4v) is 9.04. The van der Waals surface area contributed by atoms with E-state index >= 15 is 0 Å². The summed E-state index contributed by atoms with van der Waals surface area (Å²) in [7, 11) is 0. The van der Waals surface area contributed by atoms with E-state index in [0.29, 0.717) is 26.0 Å². The molecule has 3 N–H and O–H groups in total. The number of carbonyl (C=O) groups is 2. The summed E-state index contributed by atoms with van der Waals surface area (Å²) in [5, 5.41) is 23.6. The average Bonchev–Trinajstić information content (AvgIpc) is 3.51. The standard InChI is InChI=1S/C44H49FN4O5/c45-33-10-7-29(8-11-33)37-14-9-30-26-35(50)13-16-38(30)42(37)31-5-4-6-36(27-31)54-24-3-1-2-19-47-20-22-48(23-21-47)34-12-15-39-32(25-34)28-49(44(39)53)40-17-18-41(51)46-43(40)52/h4-8,10-13,15-16,25-27,37,40,42,44,50,53H,1-3,9,14,17-24,28H2,(H,46,51,52)/t37-,40?,42+,44?/m1/s1. The van der Waals surface area contributed by atoms with E-state index in [2.05, 4.69) is 45.4 Å². The van der Waals surface area contributed by atoms with Gasteiger partial charge in [0.2, 0.25) is 11.8 Å². The number of hydrogen-bond acceptors (Lipinski definition) is 8. The van der Waals surface area contributed by atoms with Gasteiger partial charge in [-0.05, 0) is 127 Å². The highest BCUT2D eigenvalue weighted by Gasteiger charge is 2.40. The molecule has 4 aromatic rings. The highest BCUT2D eigenvalue weighted by molar-refractivity contribution is 6.00. The molecule has 4 atom stereocenters. The summed E-state index contributed by atoms with van der Waals surface area (Å²) in [5.74, 6) is 0.613. The van der Waals surface area contributed by atoms with Crippen LogP contribution in [0.5, 0.6) is 11.5 Å². The highest BCUT2D eigenvalue weighted by atomic mass is 19.1. The number of ether oxygens (including phenoxy) is 1. The normalized spacial score (nSPS) is 23.2. The van der Waals surface area contributed by atoms with Crippen LogP contribution in [0.15, 0.2) is 84.9 Å². The quantitative estimate of drug-likeness (QED) is 0.121. The van der Waals surface area contributed by atoms with Crippen molar-refractivity contribution in [3.05, 3.63) is 124 Å². The largest absolute Gasteiger partial charge is 0.508 e. The van der Waals surface area contributed by atoms with E-state index in [1.165, 1.54) is 11.1 Å². The molecule has 282 valence electrons. The van der Waals surface area contributed by atoms with Crippen LogP contribution in [0.1, 0.15) is 90.0 Å². The first-order valence-corrected chi connectivity index (χ1v) is 19.5. The number of amides is 2. The van der Waals surface area contributed by atoms with Gasteiger partial charge in [-0.25, -0.2) is 4.39 Å². The molecule has 3 aliphatic heterocycles. The lowest BCUT2D eigenvalue weighted by Crippen LogP contribution is -2.51. The number of unbranched alkanes of at least 4 members (excludes halogenated alkanes) is 2. The van der Waals surface area contributed by atoms with E-state index in [1.807, 2.05) is 36.4 Å². The van der Waals surface area contributed by atoms with Crippen LogP contribution in [-0.4, -0.2) is 77.2 Å². The van der Waals surface area contributed by atoms with Gasteiger partial charge in [-0.15, -0.1) is 0 Å². The molecule has 10 heteroatoms. The van der Waals surface area contributed by atoms with Crippen molar-refractivity contribution in [3.8, 4) is 11.5 Å². The van der Waals surface area contributed by atoms with Gasteiger partial charge in [0, 0.05) is 56.3 Å². The highest BCUT2D eigenvalue weighted by Crippen LogP contribution is 2.47. The van der Waals surface area contributed by atoms with E-state index in [9.17, 15) is 24.2 Å². The van der Waals surface area contributed by atoms with Crippen molar-refractivity contribution < 1.29 is 28.9 Å². The Morgan fingerprint density at radius 3 is 2.43 bits per heavy atom. The first-order chi connectivity index (χ1) is 26.3. The molecule has 2 unspecified atom stereocenters. The second-order valence-corrected chi connectivity index (χ2v) is 15.3. The van der Waals surface area contributed by atoms with E-state index in [1.54, 1.807) is 23.1 Å². The Labute approximate surface area is 316 Å². The number of phenolic OH excluding ortho intramolecular Hbond substituents is 1. The van der Waals surface area contributed by atoms with Gasteiger partial charge in [0.15, 0.2) is 0 Å². The van der Waals surface area contributed by atoms with Gasteiger partial charge in [-0.3, -0.25) is 24.7 Å². The Morgan fingerprint density at radius 1 is 0.796 bits per heavy atom. The van der Waals surface area contributed by atoms with E-state index in [4.69, 9.17) is 4.74 Å². The number of anilines is 1. The number of aromatic hydroxyl groups is 1. The van der Waals surface area contributed by atoms with Crippen LogP contribution in [0.4, 0.5) is 10.1 Å². The number of nitrogens with one attached hydrogen (secondary N) is 1. The zero-order chi connectivity index (χ0) is 37.2. The van der Waals surface area contributed by atoms with Gasteiger partial charge in [0.1, 0.15) is 23.5 Å². The summed E-state index contributed by atoms with van der Waals surface area (Å²) in [6.45, 7) is 6.07. The van der Waals surface area contributed by atoms with Gasteiger partial charge in [-0.1, -0.05) is 36.4 Å². The van der Waals surface area contributed by atoms with Crippen LogP contribution < -0.4 is 15.0 Å². The molecule has 9 nitrogen and oxygen atoms in total. The first-order valence-electron chi connectivity index (χ1n) is 19.5. The Morgan fingerprint density at radius 2 is 1.61 bits per heavy atom. The second kappa shape index (κ2) is 15.9. The summed E-state index contributed by atoms with van der Waals surface area (Å²) in [6.07, 6.45) is 4.83. The molecule has 3 heterocycles. The summed E-state index contributed by atoms with van der Waals surface area (Å²) >= 11 is 0. The monoisotopic (exact) mass is 732 g/mol. The van der Waals surface area contributed by atoms with Crippen molar-refractivity contribution in [1.29, 1.82) is 0 Å². The molecule has 54 heavy (non-hydrogen) atoms. The lowest BCUT2D eigenvalue weighted by molar-refractivity contribution is -0.141. The molecule has 0 saturated carbocycles. The van der Waals surface area contributed by atoms with Crippen LogP contribution in [0, 0.1) is 5.82 Å². The third-order valence-corrected chi connectivity index (χ3v) is 11.9. The van der Waals surface area contributed by atoms with Crippen LogP contribution in [0.3, 0.4) is 0 Å². The Kier molecular flexibility index (Phi) is 10.7. The number of aryl methyl sites for hydroxylation is 1. The molecule has 0 radical (unpaired) electrons. The van der Waals surface area contributed by atoms with Crippen molar-refractivity contribution in [2.75, 3.05) is 44.2 Å². The summed E-state index contributed by atoms with van der Waals surface area (Å²) in [6, 6.07) is 26.7. The van der Waals surface area contributed by atoms with Gasteiger partial charge in [-0.2, -0.15) is 0 Å². The first kappa shape index (κ1) is 36.2. The predicted octanol–water partition coefficient (Wildman–Crippen LogP) is 6.38. The molecule has 8 rings (SSSR count). The summed E-state index contributed by atoms with van der Waals surface area (Å²) in [5.41, 5.74) is 7.68. The Hall–Kier alpha value is -4.77. The smallest absolute Gasteiger partial charge is 0.244 e. The fourth-order valence-electron chi connectivity index (χ4n) is 9.04. The number of imide groups is 1. The number of benzene rings is 4. The van der Waals surface area contributed by atoms with Gasteiger partial charge < -0.3 is 19.8 Å². The number of hydrogen-bond donors (Lipinski definition) is 3. The molecule has 2 fully saturated rings. The number of nitrogens with zero attached hydrogens (tertiary/aromatic N) is 3. The molecule has 4 aromatic carbocycles. The predicted molar refractivity (Wildman–Crippen MR) is 205 cm³/mol. The molecule has 2 amide bonds. The number of carbonyl (C=O) groups excluding carboxylic acids is 2. The number of piperidine rings is 1. The molecule has 4 aliphatic rings. The molecule has 0 bridgehead atoms. The molecule has 2 saturated heterocycles. The minimum atomic E-state index is -0.844. The van der Waals surface area contributed by atoms with Gasteiger partial charge in [0.05, 0.1) is 12.6 Å². The zero-order valence-electron chi connectivity index (χ0n) is 30.6. The van der Waals surface area contributed by atoms with E-state index < -0.39 is 12.3 Å². The minimum Gasteiger partial charge on any atom is -0.508 e. The van der Waals surface area contributed by atoms with Crippen LogP contribution >= 0.6 is 0 Å². The molecular weight excluding hydrogens is 684 g/mol. The van der Waals surface area contributed by atoms with Crippen molar-refractivity contribution in [3.63, 3.8) is 0 Å². The molecule has 1 aliphatic carbocycles. The van der Waals surface area contributed by atoms with Gasteiger partial charge >= 0.3 is 0 Å². The maximum absolute atomic E-state index is 13.8.